The van der Waals surface area contributed by atoms with Gasteiger partial charge >= 0.3 is 11.7 Å². The Morgan fingerprint density at radius 3 is 2.62 bits per heavy atom. The highest BCUT2D eigenvalue weighted by molar-refractivity contribution is 5.86. The van der Waals surface area contributed by atoms with Crippen molar-refractivity contribution in [1.29, 1.82) is 0 Å². The fourth-order valence-corrected chi connectivity index (χ4v) is 2.52. The third kappa shape index (κ3) is 3.27. The summed E-state index contributed by atoms with van der Waals surface area (Å²) in [4.78, 5) is 29.5. The summed E-state index contributed by atoms with van der Waals surface area (Å²) in [6.07, 6.45) is 1.73. The fraction of sp³-hybridized carbons (Fsp3) is 0.538. The highest BCUT2D eigenvalue weighted by atomic mass is 16.6. The van der Waals surface area contributed by atoms with Gasteiger partial charge in [-0.3, -0.25) is 10.1 Å². The van der Waals surface area contributed by atoms with Crippen molar-refractivity contribution in [2.75, 3.05) is 32.1 Å². The minimum atomic E-state index is -1.19. The van der Waals surface area contributed by atoms with Crippen LogP contribution in [0, 0.1) is 10.1 Å². The number of piperidine rings is 1. The summed E-state index contributed by atoms with van der Waals surface area (Å²) in [6.45, 7) is 1.81. The molecule has 8 nitrogen and oxygen atoms in total. The number of pyridine rings is 1. The summed E-state index contributed by atoms with van der Waals surface area (Å²) in [5, 5.41) is 20.1. The number of carboxylic acid groups (broad SMARTS) is 1. The van der Waals surface area contributed by atoms with E-state index in [0.29, 0.717) is 0 Å². The van der Waals surface area contributed by atoms with Gasteiger partial charge in [-0.05, 0) is 39.0 Å². The molecule has 1 aliphatic heterocycles. The van der Waals surface area contributed by atoms with Crippen LogP contribution in [0.3, 0.4) is 0 Å². The number of rotatable bonds is 4. The van der Waals surface area contributed by atoms with Crippen molar-refractivity contribution >= 4 is 17.5 Å². The van der Waals surface area contributed by atoms with Gasteiger partial charge in [-0.1, -0.05) is 0 Å². The highest BCUT2D eigenvalue weighted by Crippen LogP contribution is 2.29. The van der Waals surface area contributed by atoms with Gasteiger partial charge < -0.3 is 14.9 Å². The average Bonchev–Trinajstić information content (AvgIpc) is 2.46. The van der Waals surface area contributed by atoms with Crippen LogP contribution in [0.25, 0.3) is 0 Å². The van der Waals surface area contributed by atoms with Gasteiger partial charge in [-0.2, -0.15) is 0 Å². The van der Waals surface area contributed by atoms with Crippen LogP contribution >= 0.6 is 0 Å². The molecule has 114 valence electrons. The van der Waals surface area contributed by atoms with Crippen LogP contribution in [0.4, 0.5) is 11.5 Å². The Morgan fingerprint density at radius 2 is 2.10 bits per heavy atom. The fourth-order valence-electron chi connectivity index (χ4n) is 2.52. The lowest BCUT2D eigenvalue weighted by molar-refractivity contribution is -0.384. The summed E-state index contributed by atoms with van der Waals surface area (Å²) in [6, 6.07) is 2.49. The molecule has 1 fully saturated rings. The lowest BCUT2D eigenvalue weighted by Gasteiger charge is -2.35. The molecule has 1 aromatic heterocycles. The molecule has 0 saturated carbocycles. The summed E-state index contributed by atoms with van der Waals surface area (Å²) >= 11 is 0. The van der Waals surface area contributed by atoms with Crippen LogP contribution in [0.5, 0.6) is 0 Å². The second-order valence-corrected chi connectivity index (χ2v) is 5.25. The van der Waals surface area contributed by atoms with E-state index in [9.17, 15) is 14.9 Å². The van der Waals surface area contributed by atoms with Crippen LogP contribution in [0.1, 0.15) is 23.3 Å². The number of carboxylic acids is 1. The molecule has 0 unspecified atom stereocenters. The zero-order chi connectivity index (χ0) is 15.6. The van der Waals surface area contributed by atoms with Gasteiger partial charge in [-0.15, -0.1) is 0 Å². The number of hydrogen-bond donors (Lipinski definition) is 1. The smallest absolute Gasteiger partial charge is 0.354 e. The normalized spacial score (nSPS) is 16.7. The molecule has 1 N–H and O–H groups in total. The Morgan fingerprint density at radius 1 is 1.48 bits per heavy atom. The Hall–Kier alpha value is -2.22. The van der Waals surface area contributed by atoms with E-state index in [2.05, 4.69) is 9.88 Å². The van der Waals surface area contributed by atoms with Crippen molar-refractivity contribution in [3.8, 4) is 0 Å². The van der Waals surface area contributed by atoms with E-state index < -0.39 is 10.9 Å². The van der Waals surface area contributed by atoms with Crippen molar-refractivity contribution in [1.82, 2.24) is 9.88 Å². The Labute approximate surface area is 122 Å². The third-order valence-electron chi connectivity index (χ3n) is 3.84. The number of aromatic carboxylic acids is 1. The van der Waals surface area contributed by atoms with Gasteiger partial charge in [-0.25, -0.2) is 9.78 Å². The van der Waals surface area contributed by atoms with Crippen LogP contribution in [0.2, 0.25) is 0 Å². The molecule has 0 atom stereocenters. The van der Waals surface area contributed by atoms with Gasteiger partial charge in [0.15, 0.2) is 5.69 Å². The van der Waals surface area contributed by atoms with Crippen LogP contribution in [-0.2, 0) is 0 Å². The minimum Gasteiger partial charge on any atom is -0.477 e. The molecular formula is C13H18N4O4. The second kappa shape index (κ2) is 6.04. The van der Waals surface area contributed by atoms with Crippen LogP contribution in [-0.4, -0.2) is 59.1 Å². The molecule has 0 bridgehead atoms. The number of nitrogens with zero attached hydrogens (tertiary/aromatic N) is 4. The van der Waals surface area contributed by atoms with E-state index >= 15 is 0 Å². The maximum Gasteiger partial charge on any atom is 0.354 e. The predicted molar refractivity (Wildman–Crippen MR) is 76.8 cm³/mol. The molecule has 0 spiro atoms. The Bertz CT molecular complexity index is 555. The number of carbonyl (C=O) groups is 1. The first-order valence-electron chi connectivity index (χ1n) is 6.70. The number of anilines is 1. The highest BCUT2D eigenvalue weighted by Gasteiger charge is 2.28. The number of hydrogen-bond acceptors (Lipinski definition) is 6. The SMILES string of the molecule is CN1CCC(N(C)c2nc(C(=O)O)ccc2[N+](=O)[O-])CC1. The number of nitro groups is 1. The van der Waals surface area contributed by atoms with Gasteiger partial charge in [0.2, 0.25) is 5.82 Å². The summed E-state index contributed by atoms with van der Waals surface area (Å²) < 4.78 is 0. The van der Waals surface area contributed by atoms with Crippen LogP contribution in [0.15, 0.2) is 12.1 Å². The van der Waals surface area contributed by atoms with E-state index in [4.69, 9.17) is 5.11 Å². The topological polar surface area (TPSA) is 99.8 Å². The quantitative estimate of drug-likeness (QED) is 0.658. The van der Waals surface area contributed by atoms with Crippen molar-refractivity contribution in [3.05, 3.63) is 27.9 Å². The van der Waals surface area contributed by atoms with Gasteiger partial charge in [0.05, 0.1) is 4.92 Å². The van der Waals surface area contributed by atoms with Crippen LogP contribution < -0.4 is 4.90 Å². The molecule has 21 heavy (non-hydrogen) atoms. The van der Waals surface area contributed by atoms with Gasteiger partial charge in [0, 0.05) is 19.2 Å². The lowest BCUT2D eigenvalue weighted by Crippen LogP contribution is -2.42. The predicted octanol–water partition coefficient (Wildman–Crippen LogP) is 1.22. The van der Waals surface area contributed by atoms with E-state index in [1.807, 2.05) is 7.05 Å². The van der Waals surface area contributed by atoms with E-state index in [-0.39, 0.29) is 23.2 Å². The molecule has 0 aromatic carbocycles. The summed E-state index contributed by atoms with van der Waals surface area (Å²) in [5.41, 5.74) is -0.350. The number of likely N-dealkylation sites (tertiary alicyclic amines) is 1. The van der Waals surface area contributed by atoms with Crippen molar-refractivity contribution < 1.29 is 14.8 Å². The van der Waals surface area contributed by atoms with E-state index in [0.717, 1.165) is 32.0 Å². The Kier molecular flexibility index (Phi) is 4.37. The molecule has 1 aliphatic rings. The Balaban J connectivity index is 2.33. The molecule has 0 aliphatic carbocycles. The first-order valence-corrected chi connectivity index (χ1v) is 6.70. The molecule has 1 saturated heterocycles. The molecule has 1 aromatic rings. The molecule has 8 heteroatoms. The molecule has 0 radical (unpaired) electrons. The maximum absolute atomic E-state index is 11.1. The molecule has 2 heterocycles. The minimum absolute atomic E-state index is 0.120. The van der Waals surface area contributed by atoms with E-state index in [1.54, 1.807) is 11.9 Å². The average molecular weight is 294 g/mol. The zero-order valence-electron chi connectivity index (χ0n) is 12.0. The standard InChI is InChI=1S/C13H18N4O4/c1-15-7-5-9(6-8-15)16(2)12-11(17(20)21)4-3-10(14-12)13(18)19/h3-4,9H,5-8H2,1-2H3,(H,18,19). The van der Waals surface area contributed by atoms with Crippen molar-refractivity contribution in [2.24, 2.45) is 0 Å². The zero-order valence-corrected chi connectivity index (χ0v) is 12.0. The van der Waals surface area contributed by atoms with Crippen molar-refractivity contribution in [3.63, 3.8) is 0 Å². The maximum atomic E-state index is 11.1. The molecule has 2 rings (SSSR count). The lowest BCUT2D eigenvalue weighted by atomic mass is 10.0. The van der Waals surface area contributed by atoms with Crippen molar-refractivity contribution in [2.45, 2.75) is 18.9 Å². The number of aromatic nitrogens is 1. The van der Waals surface area contributed by atoms with Gasteiger partial charge in [0.1, 0.15) is 0 Å². The summed E-state index contributed by atoms with van der Waals surface area (Å²) in [7, 11) is 3.76. The second-order valence-electron chi connectivity index (χ2n) is 5.25. The molecular weight excluding hydrogens is 276 g/mol. The van der Waals surface area contributed by atoms with Gasteiger partial charge in [0.25, 0.3) is 0 Å². The third-order valence-corrected chi connectivity index (χ3v) is 3.84. The monoisotopic (exact) mass is 294 g/mol. The first kappa shape index (κ1) is 15.2. The first-order chi connectivity index (χ1) is 9.90. The van der Waals surface area contributed by atoms with E-state index in [1.165, 1.54) is 6.07 Å². The summed E-state index contributed by atoms with van der Waals surface area (Å²) in [5.74, 6) is -1.07. The molecule has 0 amide bonds. The largest absolute Gasteiger partial charge is 0.477 e.